The van der Waals surface area contributed by atoms with Gasteiger partial charge in [0.15, 0.2) is 10.9 Å². The molecule has 0 saturated heterocycles. The summed E-state index contributed by atoms with van der Waals surface area (Å²) < 4.78 is 4.31. The zero-order valence-corrected chi connectivity index (χ0v) is 9.55. The molecule has 0 unspecified atom stereocenters. The first-order valence-corrected chi connectivity index (χ1v) is 4.66. The Morgan fingerprint density at radius 2 is 2.18 bits per heavy atom. The fourth-order valence-corrected chi connectivity index (χ4v) is 1.10. The lowest BCUT2D eigenvalue weighted by Gasteiger charge is -2.09. The highest BCUT2D eigenvalue weighted by molar-refractivity contribution is 7.80. The van der Waals surface area contributed by atoms with Crippen LogP contribution < -0.4 is 27.7 Å². The lowest BCUT2D eigenvalue weighted by molar-refractivity contribution is 0.177. The van der Waals surface area contributed by atoms with Gasteiger partial charge in [-0.15, -0.1) is 0 Å². The largest absolute Gasteiger partial charge is 0.453 e. The van der Waals surface area contributed by atoms with Crippen molar-refractivity contribution in [2.45, 2.75) is 0 Å². The van der Waals surface area contributed by atoms with Crippen LogP contribution in [0.5, 0.6) is 0 Å². The van der Waals surface area contributed by atoms with Gasteiger partial charge in [-0.1, -0.05) is 0 Å². The van der Waals surface area contributed by atoms with E-state index >= 15 is 0 Å². The molecule has 0 fully saturated rings. The molecular weight excluding hydrogens is 248 g/mol. The van der Waals surface area contributed by atoms with Crippen LogP contribution in [0.2, 0.25) is 0 Å². The molecule has 1 aromatic rings. The van der Waals surface area contributed by atoms with Crippen molar-refractivity contribution in [3.8, 4) is 0 Å². The molecular formula is C7H10N6O3S. The summed E-state index contributed by atoms with van der Waals surface area (Å²) in [6.45, 7) is 0. The predicted octanol–water partition coefficient (Wildman–Crippen LogP) is -1.01. The van der Waals surface area contributed by atoms with Crippen molar-refractivity contribution in [1.29, 1.82) is 0 Å². The molecule has 0 aliphatic rings. The fourth-order valence-electron chi connectivity index (χ4n) is 0.918. The molecule has 0 atom stereocenters. The van der Waals surface area contributed by atoms with Gasteiger partial charge in [0.25, 0.3) is 5.56 Å². The molecule has 0 aliphatic heterocycles. The Morgan fingerprint density at radius 3 is 2.71 bits per heavy atom. The number of alkyl carbamates (subject to hydrolysis) is 1. The molecule has 1 heterocycles. The van der Waals surface area contributed by atoms with Crippen molar-refractivity contribution in [3.05, 3.63) is 10.4 Å². The highest BCUT2D eigenvalue weighted by Crippen LogP contribution is 2.08. The SMILES string of the molecule is COC(=O)NC(=S)Nc1c(N)nc(N)[nH]c1=O. The first-order valence-electron chi connectivity index (χ1n) is 4.25. The third-order valence-electron chi connectivity index (χ3n) is 1.61. The van der Waals surface area contributed by atoms with Gasteiger partial charge < -0.3 is 21.5 Å². The highest BCUT2D eigenvalue weighted by Gasteiger charge is 2.11. The van der Waals surface area contributed by atoms with Crippen molar-refractivity contribution < 1.29 is 9.53 Å². The smallest absolute Gasteiger partial charge is 0.413 e. The van der Waals surface area contributed by atoms with Crippen molar-refractivity contribution in [1.82, 2.24) is 15.3 Å². The molecule has 1 amide bonds. The van der Waals surface area contributed by atoms with E-state index in [-0.39, 0.29) is 22.6 Å². The van der Waals surface area contributed by atoms with Crippen LogP contribution in [0.25, 0.3) is 0 Å². The molecule has 0 saturated carbocycles. The summed E-state index contributed by atoms with van der Waals surface area (Å²) in [6.07, 6.45) is -0.777. The number of hydrogen-bond acceptors (Lipinski definition) is 7. The number of aromatic amines is 1. The van der Waals surface area contributed by atoms with Crippen molar-refractivity contribution in [2.75, 3.05) is 23.9 Å². The maximum absolute atomic E-state index is 11.4. The third-order valence-corrected chi connectivity index (χ3v) is 1.81. The number of thiocarbonyl (C=S) groups is 1. The van der Waals surface area contributed by atoms with Crippen LogP contribution in [-0.2, 0) is 4.74 Å². The summed E-state index contributed by atoms with van der Waals surface area (Å²) >= 11 is 4.74. The monoisotopic (exact) mass is 258 g/mol. The number of anilines is 3. The predicted molar refractivity (Wildman–Crippen MR) is 65.4 cm³/mol. The molecule has 0 spiro atoms. The highest BCUT2D eigenvalue weighted by atomic mass is 32.1. The molecule has 0 radical (unpaired) electrons. The molecule has 9 nitrogen and oxygen atoms in total. The molecule has 0 aliphatic carbocycles. The van der Waals surface area contributed by atoms with E-state index in [1.165, 1.54) is 7.11 Å². The van der Waals surface area contributed by atoms with E-state index in [2.05, 4.69) is 25.3 Å². The number of amides is 1. The number of methoxy groups -OCH3 is 1. The van der Waals surface area contributed by atoms with E-state index in [4.69, 9.17) is 23.7 Å². The number of carbonyl (C=O) groups excluding carboxylic acids is 1. The molecule has 10 heteroatoms. The fraction of sp³-hybridized carbons (Fsp3) is 0.143. The summed E-state index contributed by atoms with van der Waals surface area (Å²) in [6, 6.07) is 0. The number of hydrogen-bond donors (Lipinski definition) is 5. The van der Waals surface area contributed by atoms with Gasteiger partial charge in [-0.25, -0.2) is 4.79 Å². The Labute approximate surface area is 101 Å². The lowest BCUT2D eigenvalue weighted by Crippen LogP contribution is -2.36. The van der Waals surface area contributed by atoms with Crippen LogP contribution in [0.3, 0.4) is 0 Å². The van der Waals surface area contributed by atoms with Gasteiger partial charge in [0, 0.05) is 0 Å². The average Bonchev–Trinajstić information content (AvgIpc) is 2.23. The Balaban J connectivity index is 2.86. The summed E-state index contributed by atoms with van der Waals surface area (Å²) in [5.41, 5.74) is 10.0. The Kier molecular flexibility index (Phi) is 3.82. The van der Waals surface area contributed by atoms with E-state index in [1.54, 1.807) is 0 Å². The van der Waals surface area contributed by atoms with Gasteiger partial charge in [0.1, 0.15) is 5.69 Å². The normalized spacial score (nSPS) is 9.47. The zero-order valence-electron chi connectivity index (χ0n) is 8.73. The quantitative estimate of drug-likeness (QED) is 0.402. The minimum Gasteiger partial charge on any atom is -0.453 e. The van der Waals surface area contributed by atoms with Crippen LogP contribution in [-0.4, -0.2) is 28.3 Å². The maximum Gasteiger partial charge on any atom is 0.413 e. The molecule has 0 aromatic carbocycles. The van der Waals surface area contributed by atoms with Crippen molar-refractivity contribution in [3.63, 3.8) is 0 Å². The van der Waals surface area contributed by atoms with Gasteiger partial charge >= 0.3 is 6.09 Å². The number of ether oxygens (including phenoxy) is 1. The van der Waals surface area contributed by atoms with E-state index < -0.39 is 11.7 Å². The second-order valence-corrected chi connectivity index (χ2v) is 3.19. The van der Waals surface area contributed by atoms with Crippen LogP contribution >= 0.6 is 12.2 Å². The molecule has 1 rings (SSSR count). The number of H-pyrrole nitrogens is 1. The molecule has 0 bridgehead atoms. The first-order chi connectivity index (χ1) is 7.93. The van der Waals surface area contributed by atoms with Crippen LogP contribution in [0, 0.1) is 0 Å². The maximum atomic E-state index is 11.4. The van der Waals surface area contributed by atoms with Crippen molar-refractivity contribution >= 4 is 40.9 Å². The number of rotatable bonds is 1. The average molecular weight is 258 g/mol. The summed E-state index contributed by atoms with van der Waals surface area (Å²) in [5.74, 6) is -0.259. The van der Waals surface area contributed by atoms with E-state index in [0.29, 0.717) is 0 Å². The van der Waals surface area contributed by atoms with Gasteiger partial charge in [0.05, 0.1) is 7.11 Å². The van der Waals surface area contributed by atoms with Gasteiger partial charge in [-0.2, -0.15) is 4.98 Å². The lowest BCUT2D eigenvalue weighted by atomic mass is 10.4. The molecule has 7 N–H and O–H groups in total. The summed E-state index contributed by atoms with van der Waals surface area (Å²) in [4.78, 5) is 28.1. The van der Waals surface area contributed by atoms with Gasteiger partial charge in [-0.3, -0.25) is 15.1 Å². The first kappa shape index (κ1) is 12.7. The topological polar surface area (TPSA) is 148 Å². The number of nitrogens with two attached hydrogens (primary N) is 2. The van der Waals surface area contributed by atoms with E-state index in [9.17, 15) is 9.59 Å². The van der Waals surface area contributed by atoms with Crippen LogP contribution in [0.4, 0.5) is 22.2 Å². The summed E-state index contributed by atoms with van der Waals surface area (Å²) in [7, 11) is 1.17. The second kappa shape index (κ2) is 5.12. The summed E-state index contributed by atoms with van der Waals surface area (Å²) in [5, 5.41) is 4.39. The number of nitrogen functional groups attached to an aromatic ring is 2. The Bertz CT molecular complexity index is 513. The van der Waals surface area contributed by atoms with Crippen LogP contribution in [0.15, 0.2) is 4.79 Å². The van der Waals surface area contributed by atoms with Crippen LogP contribution in [0.1, 0.15) is 0 Å². The number of nitrogens with one attached hydrogen (secondary N) is 3. The second-order valence-electron chi connectivity index (χ2n) is 2.78. The third kappa shape index (κ3) is 3.31. The van der Waals surface area contributed by atoms with Gasteiger partial charge in [-0.05, 0) is 12.2 Å². The van der Waals surface area contributed by atoms with Gasteiger partial charge in [0.2, 0.25) is 5.95 Å². The number of aromatic nitrogens is 2. The molecule has 1 aromatic heterocycles. The zero-order chi connectivity index (χ0) is 13.0. The van der Waals surface area contributed by atoms with Crippen molar-refractivity contribution in [2.24, 2.45) is 0 Å². The number of carbonyl (C=O) groups is 1. The minimum absolute atomic E-state index is 0.111. The van der Waals surface area contributed by atoms with E-state index in [0.717, 1.165) is 0 Å². The standard InChI is InChI=1S/C7H10N6O3S/c1-16-7(15)13-6(17)10-2-3(8)11-5(9)12-4(2)14/h1H3,(H2,10,13,15,17)(H5,8,9,11,12,14). The molecule has 17 heavy (non-hydrogen) atoms. The Hall–Kier alpha value is -2.36. The molecule has 92 valence electrons. The Morgan fingerprint density at radius 1 is 1.53 bits per heavy atom. The number of nitrogens with zero attached hydrogens (tertiary/aromatic N) is 1. The van der Waals surface area contributed by atoms with E-state index in [1.807, 2.05) is 0 Å². The minimum atomic E-state index is -0.777.